The molecule has 0 saturated carbocycles. The number of hydrogen-bond donors (Lipinski definition) is 0. The lowest BCUT2D eigenvalue weighted by Gasteiger charge is -2.30. The van der Waals surface area contributed by atoms with E-state index in [9.17, 15) is 18.0 Å². The largest absolute Gasteiger partial charge is 0.465 e. The minimum atomic E-state index is -3.57. The van der Waals surface area contributed by atoms with E-state index in [1.54, 1.807) is 46.4 Å². The van der Waals surface area contributed by atoms with Crippen molar-refractivity contribution < 1.29 is 22.7 Å². The third-order valence-corrected chi connectivity index (χ3v) is 5.88. The molecule has 27 heavy (non-hydrogen) atoms. The fourth-order valence-corrected chi connectivity index (χ4v) is 4.37. The van der Waals surface area contributed by atoms with Crippen LogP contribution in [0.15, 0.2) is 46.5 Å². The summed E-state index contributed by atoms with van der Waals surface area (Å²) in [6.45, 7) is 0.710. The Morgan fingerprint density at radius 3 is 2.81 bits per heavy atom. The number of esters is 1. The zero-order valence-corrected chi connectivity index (χ0v) is 15.4. The number of fused-ring (bicyclic) bond motifs is 2. The monoisotopic (exact) mass is 387 g/mol. The molecule has 9 heteroatoms. The van der Waals surface area contributed by atoms with Crippen molar-refractivity contribution in [2.24, 2.45) is 4.40 Å². The predicted molar refractivity (Wildman–Crippen MR) is 99.0 cm³/mol. The maximum Gasteiger partial charge on any atom is 0.337 e. The van der Waals surface area contributed by atoms with E-state index in [0.717, 1.165) is 5.56 Å². The molecule has 0 spiro atoms. The molecule has 140 valence electrons. The Bertz CT molecular complexity index is 1040. The van der Waals surface area contributed by atoms with Gasteiger partial charge in [0.1, 0.15) is 0 Å². The lowest BCUT2D eigenvalue weighted by atomic mass is 10.1. The van der Waals surface area contributed by atoms with Crippen LogP contribution in [0, 0.1) is 0 Å². The van der Waals surface area contributed by atoms with Crippen molar-refractivity contribution >= 4 is 33.4 Å². The summed E-state index contributed by atoms with van der Waals surface area (Å²) in [6.07, 6.45) is 5.61. The van der Waals surface area contributed by atoms with Crippen LogP contribution < -0.4 is 4.90 Å². The topological polar surface area (TPSA) is 96.4 Å². The number of nitrogens with zero attached hydrogens (tertiary/aromatic N) is 3. The van der Waals surface area contributed by atoms with Crippen LogP contribution in [0.4, 0.5) is 5.69 Å². The van der Waals surface area contributed by atoms with Crippen LogP contribution in [0.5, 0.6) is 0 Å². The maximum absolute atomic E-state index is 13.1. The normalized spacial score (nSPS) is 19.7. The standard InChI is InChI=1S/C18H17N3O5S/c1-26-18(23)13-4-5-15-12(11-13)6-8-21(15)17(22)14-3-2-7-20-9-10-27(24,25)19-16(14)20/h2-5,7,11H,6,8-10H2,1H3. The van der Waals surface area contributed by atoms with E-state index >= 15 is 0 Å². The van der Waals surface area contributed by atoms with E-state index in [1.165, 1.54) is 7.11 Å². The van der Waals surface area contributed by atoms with Crippen LogP contribution >= 0.6 is 0 Å². The first-order valence-electron chi connectivity index (χ1n) is 8.41. The van der Waals surface area contributed by atoms with E-state index in [0.29, 0.717) is 24.2 Å². The van der Waals surface area contributed by atoms with Crippen molar-refractivity contribution in [3.05, 3.63) is 53.3 Å². The van der Waals surface area contributed by atoms with Gasteiger partial charge >= 0.3 is 5.97 Å². The van der Waals surface area contributed by atoms with Crippen LogP contribution in [0.2, 0.25) is 0 Å². The van der Waals surface area contributed by atoms with Crippen molar-refractivity contribution in [3.8, 4) is 0 Å². The molecule has 1 aromatic rings. The van der Waals surface area contributed by atoms with Crippen molar-refractivity contribution in [2.45, 2.75) is 6.42 Å². The summed E-state index contributed by atoms with van der Waals surface area (Å²) in [5.74, 6) is -0.663. The molecule has 0 saturated heterocycles. The van der Waals surface area contributed by atoms with Crippen LogP contribution in [0.3, 0.4) is 0 Å². The lowest BCUT2D eigenvalue weighted by Crippen LogP contribution is -2.43. The molecule has 1 aromatic carbocycles. The molecule has 0 radical (unpaired) electrons. The molecule has 1 amide bonds. The highest BCUT2D eigenvalue weighted by Crippen LogP contribution is 2.31. The highest BCUT2D eigenvalue weighted by atomic mass is 32.2. The van der Waals surface area contributed by atoms with Gasteiger partial charge in [-0.2, -0.15) is 0 Å². The Balaban J connectivity index is 1.67. The first-order chi connectivity index (χ1) is 12.9. The van der Waals surface area contributed by atoms with Gasteiger partial charge in [0.25, 0.3) is 15.9 Å². The van der Waals surface area contributed by atoms with Gasteiger partial charge in [0.2, 0.25) is 0 Å². The van der Waals surface area contributed by atoms with Gasteiger partial charge < -0.3 is 14.5 Å². The number of sulfonamides is 1. The molecule has 3 aliphatic heterocycles. The smallest absolute Gasteiger partial charge is 0.337 e. The Morgan fingerprint density at radius 2 is 2.04 bits per heavy atom. The number of hydrogen-bond acceptors (Lipinski definition) is 6. The van der Waals surface area contributed by atoms with Gasteiger partial charge in [0.05, 0.1) is 24.0 Å². The molecule has 3 aliphatic rings. The third-order valence-electron chi connectivity index (χ3n) is 4.73. The quantitative estimate of drug-likeness (QED) is 0.699. The number of carbonyl (C=O) groups excluding carboxylic acids is 2. The zero-order chi connectivity index (χ0) is 19.2. The van der Waals surface area contributed by atoms with Gasteiger partial charge in [-0.15, -0.1) is 4.40 Å². The highest BCUT2D eigenvalue weighted by Gasteiger charge is 2.34. The molecule has 4 rings (SSSR count). The van der Waals surface area contributed by atoms with Crippen LogP contribution in [0.25, 0.3) is 0 Å². The van der Waals surface area contributed by atoms with Gasteiger partial charge in [-0.05, 0) is 42.3 Å². The number of carbonyl (C=O) groups is 2. The average Bonchev–Trinajstić information content (AvgIpc) is 3.08. The van der Waals surface area contributed by atoms with Gasteiger partial charge in [-0.25, -0.2) is 13.2 Å². The number of rotatable bonds is 2. The summed E-state index contributed by atoms with van der Waals surface area (Å²) in [7, 11) is -2.25. The molecule has 0 unspecified atom stereocenters. The summed E-state index contributed by atoms with van der Waals surface area (Å²) in [5, 5.41) is 0. The molecule has 8 nitrogen and oxygen atoms in total. The van der Waals surface area contributed by atoms with Gasteiger partial charge in [-0.3, -0.25) is 4.79 Å². The number of allylic oxidation sites excluding steroid dienone is 2. The summed E-state index contributed by atoms with van der Waals surface area (Å²) in [4.78, 5) is 28.1. The Kier molecular flexibility index (Phi) is 4.11. The van der Waals surface area contributed by atoms with E-state index in [4.69, 9.17) is 4.74 Å². The van der Waals surface area contributed by atoms with Crippen LogP contribution in [0.1, 0.15) is 15.9 Å². The number of amides is 1. The number of benzene rings is 1. The van der Waals surface area contributed by atoms with Crippen molar-refractivity contribution in [3.63, 3.8) is 0 Å². The van der Waals surface area contributed by atoms with Crippen molar-refractivity contribution in [1.82, 2.24) is 4.90 Å². The average molecular weight is 387 g/mol. The van der Waals surface area contributed by atoms with Crippen molar-refractivity contribution in [2.75, 3.05) is 30.9 Å². The SMILES string of the molecule is COC(=O)c1ccc2c(c1)CCN2C(=O)C1=CC=CN2CCS(=O)(=O)N=C12. The maximum atomic E-state index is 13.1. The number of anilines is 1. The second-order valence-corrected chi connectivity index (χ2v) is 8.11. The lowest BCUT2D eigenvalue weighted by molar-refractivity contribution is -0.114. The molecule has 0 aliphatic carbocycles. The van der Waals surface area contributed by atoms with Crippen LogP contribution in [-0.2, 0) is 26.0 Å². The van der Waals surface area contributed by atoms with E-state index in [2.05, 4.69) is 4.40 Å². The molecule has 0 atom stereocenters. The van der Waals surface area contributed by atoms with E-state index < -0.39 is 16.0 Å². The fourth-order valence-electron chi connectivity index (χ4n) is 3.39. The summed E-state index contributed by atoms with van der Waals surface area (Å²) < 4.78 is 32.3. The van der Waals surface area contributed by atoms with E-state index in [1.807, 2.05) is 0 Å². The first kappa shape index (κ1) is 17.5. The molecule has 3 heterocycles. The van der Waals surface area contributed by atoms with Crippen molar-refractivity contribution in [1.29, 1.82) is 0 Å². The molecular weight excluding hydrogens is 370 g/mol. The van der Waals surface area contributed by atoms with E-state index in [-0.39, 0.29) is 29.6 Å². The van der Waals surface area contributed by atoms with Gasteiger partial charge in [0.15, 0.2) is 5.84 Å². The number of ether oxygens (including phenoxy) is 1. The second kappa shape index (κ2) is 6.34. The fraction of sp³-hybridized carbons (Fsp3) is 0.278. The molecule has 0 fully saturated rings. The van der Waals surface area contributed by atoms with Gasteiger partial charge in [0, 0.05) is 25.0 Å². The zero-order valence-electron chi connectivity index (χ0n) is 14.6. The first-order valence-corrected chi connectivity index (χ1v) is 10.0. The third kappa shape index (κ3) is 3.03. The Hall–Kier alpha value is -2.94. The molecular formula is C18H17N3O5S. The summed E-state index contributed by atoms with van der Waals surface area (Å²) >= 11 is 0. The Labute approximate surface area is 156 Å². The predicted octanol–water partition coefficient (Wildman–Crippen LogP) is 0.860. The van der Waals surface area contributed by atoms with Crippen LogP contribution in [-0.4, -0.2) is 57.0 Å². The minimum Gasteiger partial charge on any atom is -0.465 e. The Morgan fingerprint density at radius 1 is 1.22 bits per heavy atom. The highest BCUT2D eigenvalue weighted by molar-refractivity contribution is 7.90. The van der Waals surface area contributed by atoms with Gasteiger partial charge in [-0.1, -0.05) is 0 Å². The summed E-state index contributed by atoms with van der Waals surface area (Å²) in [5.41, 5.74) is 2.24. The summed E-state index contributed by atoms with van der Waals surface area (Å²) in [6, 6.07) is 5.04. The molecule has 0 aromatic heterocycles. The number of amidine groups is 1. The molecule has 0 N–H and O–H groups in total. The second-order valence-electron chi connectivity index (χ2n) is 6.36. The minimum absolute atomic E-state index is 0.0782. The molecule has 0 bridgehead atoms. The number of methoxy groups -OCH3 is 1.